The van der Waals surface area contributed by atoms with Crippen LogP contribution in [0.25, 0.3) is 0 Å². The van der Waals surface area contributed by atoms with Crippen molar-refractivity contribution in [2.75, 3.05) is 26.3 Å². The lowest BCUT2D eigenvalue weighted by Crippen LogP contribution is -2.40. The van der Waals surface area contributed by atoms with Crippen molar-refractivity contribution >= 4 is 21.8 Å². The summed E-state index contributed by atoms with van der Waals surface area (Å²) in [5.74, 6) is -0.230. The van der Waals surface area contributed by atoms with Gasteiger partial charge in [0.2, 0.25) is 21.8 Å². The molecule has 1 saturated carbocycles. The van der Waals surface area contributed by atoms with E-state index in [2.05, 4.69) is 0 Å². The number of morpholine rings is 1. The van der Waals surface area contributed by atoms with Gasteiger partial charge >= 0.3 is 0 Å². The van der Waals surface area contributed by atoms with Gasteiger partial charge in [-0.3, -0.25) is 14.5 Å². The van der Waals surface area contributed by atoms with E-state index in [-0.39, 0.29) is 29.7 Å². The summed E-state index contributed by atoms with van der Waals surface area (Å²) in [6, 6.07) is 6.58. The molecule has 1 aromatic carbocycles. The second kappa shape index (κ2) is 7.57. The third-order valence-electron chi connectivity index (χ3n) is 6.15. The second-order valence-electron chi connectivity index (χ2n) is 7.97. The lowest BCUT2D eigenvalue weighted by molar-refractivity contribution is -0.142. The quantitative estimate of drug-likeness (QED) is 0.714. The number of imide groups is 1. The zero-order valence-electron chi connectivity index (χ0n) is 15.9. The molecule has 7 nitrogen and oxygen atoms in total. The van der Waals surface area contributed by atoms with E-state index in [9.17, 15) is 18.0 Å². The van der Waals surface area contributed by atoms with Crippen molar-refractivity contribution in [1.82, 2.24) is 9.21 Å². The largest absolute Gasteiger partial charge is 0.379 e. The maximum Gasteiger partial charge on any atom is 0.243 e. The number of benzene rings is 1. The topological polar surface area (TPSA) is 84.0 Å². The Balaban J connectivity index is 1.54. The summed E-state index contributed by atoms with van der Waals surface area (Å²) >= 11 is 0. The van der Waals surface area contributed by atoms with Crippen molar-refractivity contribution < 1.29 is 22.7 Å². The third kappa shape index (κ3) is 3.49. The van der Waals surface area contributed by atoms with Gasteiger partial charge in [-0.1, -0.05) is 31.4 Å². The number of likely N-dealkylation sites (tertiary alicyclic amines) is 1. The minimum absolute atomic E-state index is 0.0846. The number of hydrogen-bond donors (Lipinski definition) is 0. The lowest BCUT2D eigenvalue weighted by atomic mass is 9.73. The first kappa shape index (κ1) is 19.5. The highest BCUT2D eigenvalue weighted by Crippen LogP contribution is 2.45. The number of nitrogens with zero attached hydrogens (tertiary/aromatic N) is 2. The highest BCUT2D eigenvalue weighted by atomic mass is 32.2. The molecule has 1 aromatic rings. The molecule has 0 aromatic heterocycles. The Morgan fingerprint density at radius 3 is 2.46 bits per heavy atom. The summed E-state index contributed by atoms with van der Waals surface area (Å²) in [6.45, 7) is 1.57. The Kier molecular flexibility index (Phi) is 5.28. The molecule has 1 spiro atoms. The van der Waals surface area contributed by atoms with Crippen molar-refractivity contribution in [2.24, 2.45) is 5.41 Å². The molecule has 0 N–H and O–H groups in total. The summed E-state index contributed by atoms with van der Waals surface area (Å²) < 4.78 is 32.4. The summed E-state index contributed by atoms with van der Waals surface area (Å²) in [4.78, 5) is 27.1. The summed E-state index contributed by atoms with van der Waals surface area (Å²) in [5, 5.41) is 0. The van der Waals surface area contributed by atoms with E-state index in [0.717, 1.165) is 32.1 Å². The van der Waals surface area contributed by atoms with Gasteiger partial charge in [0.15, 0.2) is 0 Å². The number of carbonyl (C=O) groups is 2. The first-order valence-electron chi connectivity index (χ1n) is 9.94. The summed E-state index contributed by atoms with van der Waals surface area (Å²) in [5.41, 5.74) is 0.135. The molecule has 8 heteroatoms. The molecule has 3 fully saturated rings. The molecule has 1 aliphatic carbocycles. The second-order valence-corrected chi connectivity index (χ2v) is 9.90. The average Bonchev–Trinajstić information content (AvgIpc) is 2.93. The molecule has 2 saturated heterocycles. The van der Waals surface area contributed by atoms with Gasteiger partial charge in [0, 0.05) is 19.5 Å². The number of hydrogen-bond acceptors (Lipinski definition) is 5. The number of rotatable bonds is 4. The maximum absolute atomic E-state index is 13.0. The van der Waals surface area contributed by atoms with Gasteiger partial charge in [0.05, 0.1) is 30.1 Å². The molecular weight excluding hydrogens is 380 g/mol. The zero-order valence-corrected chi connectivity index (χ0v) is 16.7. The molecular formula is C20H26N2O5S. The Morgan fingerprint density at radius 2 is 1.75 bits per heavy atom. The highest BCUT2D eigenvalue weighted by molar-refractivity contribution is 7.89. The van der Waals surface area contributed by atoms with Gasteiger partial charge in [-0.15, -0.1) is 0 Å². The van der Waals surface area contributed by atoms with Crippen molar-refractivity contribution in [3.63, 3.8) is 0 Å². The van der Waals surface area contributed by atoms with Gasteiger partial charge in [0.1, 0.15) is 0 Å². The van der Waals surface area contributed by atoms with Crippen LogP contribution in [0, 0.1) is 5.41 Å². The van der Waals surface area contributed by atoms with E-state index in [4.69, 9.17) is 4.74 Å². The zero-order chi connectivity index (χ0) is 19.8. The Labute approximate surface area is 165 Å². The predicted molar refractivity (Wildman–Crippen MR) is 102 cm³/mol. The Bertz CT molecular complexity index is 870. The molecule has 0 unspecified atom stereocenters. The minimum Gasteiger partial charge on any atom is -0.379 e. The van der Waals surface area contributed by atoms with E-state index in [1.165, 1.54) is 9.21 Å². The fourth-order valence-electron chi connectivity index (χ4n) is 4.56. The lowest BCUT2D eigenvalue weighted by Gasteiger charge is -2.30. The van der Waals surface area contributed by atoms with Crippen LogP contribution >= 0.6 is 0 Å². The number of carbonyl (C=O) groups excluding carboxylic acids is 2. The molecule has 2 aliphatic heterocycles. The summed E-state index contributed by atoms with van der Waals surface area (Å²) in [6.07, 6.45) is 4.93. The van der Waals surface area contributed by atoms with Crippen molar-refractivity contribution in [1.29, 1.82) is 0 Å². The van der Waals surface area contributed by atoms with Crippen LogP contribution in [-0.4, -0.2) is 55.7 Å². The van der Waals surface area contributed by atoms with E-state index in [1.54, 1.807) is 24.3 Å². The molecule has 3 aliphatic rings. The van der Waals surface area contributed by atoms with E-state index < -0.39 is 15.4 Å². The van der Waals surface area contributed by atoms with Crippen molar-refractivity contribution in [3.05, 3.63) is 29.8 Å². The van der Waals surface area contributed by atoms with E-state index >= 15 is 0 Å². The highest BCUT2D eigenvalue weighted by Gasteiger charge is 2.51. The number of ether oxygens (including phenoxy) is 1. The van der Waals surface area contributed by atoms with Crippen LogP contribution < -0.4 is 0 Å². The van der Waals surface area contributed by atoms with Crippen LogP contribution in [0.2, 0.25) is 0 Å². The van der Waals surface area contributed by atoms with Crippen LogP contribution in [0.15, 0.2) is 29.2 Å². The van der Waals surface area contributed by atoms with Crippen molar-refractivity contribution in [2.45, 2.75) is 50.0 Å². The Hall–Kier alpha value is -1.77. The fraction of sp³-hybridized carbons (Fsp3) is 0.600. The molecule has 2 amide bonds. The molecule has 0 radical (unpaired) electrons. The first-order chi connectivity index (χ1) is 13.4. The van der Waals surface area contributed by atoms with Gasteiger partial charge in [-0.25, -0.2) is 8.42 Å². The Morgan fingerprint density at radius 1 is 1.04 bits per heavy atom. The van der Waals surface area contributed by atoms with Crippen molar-refractivity contribution in [3.8, 4) is 0 Å². The molecule has 152 valence electrons. The fourth-order valence-corrected chi connectivity index (χ4v) is 6.04. The van der Waals surface area contributed by atoms with Gasteiger partial charge in [0.25, 0.3) is 0 Å². The molecule has 4 rings (SSSR count). The molecule has 0 atom stereocenters. The van der Waals surface area contributed by atoms with Gasteiger partial charge < -0.3 is 4.74 Å². The number of sulfonamides is 1. The molecule has 0 bridgehead atoms. The normalized spacial score (nSPS) is 23.5. The first-order valence-corrected chi connectivity index (χ1v) is 11.4. The average molecular weight is 407 g/mol. The van der Waals surface area contributed by atoms with Crippen LogP contribution in [0.5, 0.6) is 0 Å². The predicted octanol–water partition coefficient (Wildman–Crippen LogP) is 1.92. The number of amides is 2. The van der Waals surface area contributed by atoms with Crippen LogP contribution in [0.3, 0.4) is 0 Å². The van der Waals surface area contributed by atoms with E-state index in [0.29, 0.717) is 31.9 Å². The van der Waals surface area contributed by atoms with Crippen LogP contribution in [0.4, 0.5) is 0 Å². The molecule has 28 heavy (non-hydrogen) atoms. The summed E-state index contributed by atoms with van der Waals surface area (Å²) in [7, 11) is -3.61. The van der Waals surface area contributed by atoms with Gasteiger partial charge in [-0.2, -0.15) is 4.31 Å². The molecule has 2 heterocycles. The standard InChI is InChI=1S/C20H26N2O5S/c23-18-14-20(7-2-1-3-8-20)19(24)22(18)15-16-5-4-6-17(13-16)28(25,26)21-9-11-27-12-10-21/h4-6,13H,1-3,7-12,14-15H2. The monoisotopic (exact) mass is 406 g/mol. The van der Waals surface area contributed by atoms with Crippen LogP contribution in [0.1, 0.15) is 44.1 Å². The van der Waals surface area contributed by atoms with Gasteiger partial charge in [-0.05, 0) is 30.5 Å². The SMILES string of the molecule is O=C1CC2(CCCCC2)C(=O)N1Cc1cccc(S(=O)(=O)N2CCOCC2)c1. The third-order valence-corrected chi connectivity index (χ3v) is 8.04. The van der Waals surface area contributed by atoms with Crippen LogP contribution in [-0.2, 0) is 30.9 Å². The minimum atomic E-state index is -3.61. The smallest absolute Gasteiger partial charge is 0.243 e. The maximum atomic E-state index is 13.0. The van der Waals surface area contributed by atoms with E-state index in [1.807, 2.05) is 0 Å².